The molecule has 0 fully saturated rings. The van der Waals surface area contributed by atoms with Crippen molar-refractivity contribution in [2.75, 3.05) is 10.6 Å². The number of amides is 1. The summed E-state index contributed by atoms with van der Waals surface area (Å²) in [5, 5.41) is 12.9. The van der Waals surface area contributed by atoms with E-state index in [1.165, 1.54) is 0 Å². The quantitative estimate of drug-likeness (QED) is 0.408. The van der Waals surface area contributed by atoms with Crippen molar-refractivity contribution in [3.05, 3.63) is 67.0 Å². The second kappa shape index (κ2) is 4.51. The minimum absolute atomic E-state index is 0.149. The van der Waals surface area contributed by atoms with E-state index in [9.17, 15) is 14.4 Å². The van der Waals surface area contributed by atoms with Gasteiger partial charge in [-0.05, 0) is 19.9 Å². The zero-order chi connectivity index (χ0) is 18.2. The van der Waals surface area contributed by atoms with Crippen LogP contribution in [0.5, 0.6) is 0 Å². The Hall–Kier alpha value is -3.62. The molecule has 1 atom stereocenters. The fraction of sp³-hybridized carbons (Fsp3) is 0.176. The van der Waals surface area contributed by atoms with Gasteiger partial charge in [0, 0.05) is 22.5 Å². The molecule has 1 spiro atoms. The monoisotopic (exact) mass is 350 g/mol. The van der Waals surface area contributed by atoms with Crippen molar-refractivity contribution in [2.45, 2.75) is 19.3 Å². The number of carbonyl (C=O) groups is 1. The van der Waals surface area contributed by atoms with Gasteiger partial charge in [0.25, 0.3) is 5.56 Å². The van der Waals surface area contributed by atoms with Gasteiger partial charge in [0.15, 0.2) is 5.82 Å². The lowest BCUT2D eigenvalue weighted by molar-refractivity contribution is -0.118. The number of aryl methyl sites for hydroxylation is 2. The molecular formula is C17H14N6O3. The minimum Gasteiger partial charge on any atom is -0.324 e. The molecule has 0 saturated carbocycles. The van der Waals surface area contributed by atoms with Crippen LogP contribution in [0.1, 0.15) is 27.9 Å². The third-order valence-electron chi connectivity index (χ3n) is 5.05. The van der Waals surface area contributed by atoms with Crippen molar-refractivity contribution >= 4 is 23.2 Å². The third-order valence-corrected chi connectivity index (χ3v) is 5.05. The van der Waals surface area contributed by atoms with Crippen molar-refractivity contribution in [2.24, 2.45) is 0 Å². The van der Waals surface area contributed by atoms with E-state index in [1.54, 1.807) is 6.92 Å². The molecule has 4 heterocycles. The van der Waals surface area contributed by atoms with Crippen LogP contribution in [0.15, 0.2) is 27.8 Å². The van der Waals surface area contributed by atoms with Crippen LogP contribution in [0.2, 0.25) is 0 Å². The SMILES string of the molecule is Cc1ccc2c(c1)C1(C(=O)N2)c2c(n[nH]c2C)Nc2[nH]c(=O)[nH]c(=O)c21. The van der Waals surface area contributed by atoms with Gasteiger partial charge in [-0.15, -0.1) is 0 Å². The second-order valence-electron chi connectivity index (χ2n) is 6.61. The van der Waals surface area contributed by atoms with Crippen LogP contribution in [0, 0.1) is 13.8 Å². The van der Waals surface area contributed by atoms with E-state index in [2.05, 4.69) is 30.8 Å². The molecular weight excluding hydrogens is 336 g/mol. The lowest BCUT2D eigenvalue weighted by Gasteiger charge is -2.33. The highest BCUT2D eigenvalue weighted by Gasteiger charge is 2.57. The number of nitrogens with one attached hydrogen (secondary N) is 5. The van der Waals surface area contributed by atoms with Crippen LogP contribution in [-0.4, -0.2) is 26.1 Å². The first-order valence-electron chi connectivity index (χ1n) is 8.05. The number of aromatic nitrogens is 4. The normalized spacial score (nSPS) is 19.5. The molecule has 9 nitrogen and oxygen atoms in total. The smallest absolute Gasteiger partial charge is 0.324 e. The van der Waals surface area contributed by atoms with Crippen LogP contribution in [0.3, 0.4) is 0 Å². The maximum Gasteiger partial charge on any atom is 0.327 e. The van der Waals surface area contributed by atoms with Crippen molar-refractivity contribution < 1.29 is 4.79 Å². The first-order chi connectivity index (χ1) is 12.4. The lowest BCUT2D eigenvalue weighted by atomic mass is 9.68. The Morgan fingerprint density at radius 2 is 1.81 bits per heavy atom. The highest BCUT2D eigenvalue weighted by atomic mass is 16.2. The molecule has 3 aromatic rings. The maximum absolute atomic E-state index is 13.3. The van der Waals surface area contributed by atoms with E-state index in [0.29, 0.717) is 28.3 Å². The Morgan fingerprint density at radius 1 is 1.00 bits per heavy atom. The van der Waals surface area contributed by atoms with Gasteiger partial charge in [0.1, 0.15) is 11.2 Å². The summed E-state index contributed by atoms with van der Waals surface area (Å²) in [6.45, 7) is 3.71. The highest BCUT2D eigenvalue weighted by molar-refractivity contribution is 6.13. The van der Waals surface area contributed by atoms with Crippen LogP contribution >= 0.6 is 0 Å². The van der Waals surface area contributed by atoms with Crippen molar-refractivity contribution in [1.29, 1.82) is 0 Å². The Balaban J connectivity index is 2.02. The van der Waals surface area contributed by atoms with E-state index in [0.717, 1.165) is 5.56 Å². The second-order valence-corrected chi connectivity index (χ2v) is 6.61. The summed E-state index contributed by atoms with van der Waals surface area (Å²) in [4.78, 5) is 42.7. The molecule has 0 bridgehead atoms. The van der Waals surface area contributed by atoms with E-state index in [-0.39, 0.29) is 17.3 Å². The summed E-state index contributed by atoms with van der Waals surface area (Å²) in [7, 11) is 0. The fourth-order valence-electron chi connectivity index (χ4n) is 4.07. The van der Waals surface area contributed by atoms with Crippen LogP contribution in [-0.2, 0) is 10.2 Å². The van der Waals surface area contributed by atoms with Gasteiger partial charge in [0.2, 0.25) is 5.91 Å². The summed E-state index contributed by atoms with van der Waals surface area (Å²) in [5.74, 6) is 0.215. The Morgan fingerprint density at radius 3 is 2.62 bits per heavy atom. The van der Waals surface area contributed by atoms with E-state index in [1.807, 2.05) is 25.1 Å². The zero-order valence-electron chi connectivity index (χ0n) is 13.9. The fourth-order valence-corrected chi connectivity index (χ4v) is 4.07. The standard InChI is InChI=1S/C17H14N6O3/c1-6-3-4-9-8(5-6)17(15(25)18-9)10-7(2)22-23-13(10)19-12-11(17)14(24)21-16(26)20-12/h3-5H,1-2H3,(H,18,25)(H4,19,20,21,22,23,24,26). The van der Waals surface area contributed by atoms with Gasteiger partial charge >= 0.3 is 5.69 Å². The largest absolute Gasteiger partial charge is 0.327 e. The Bertz CT molecular complexity index is 1230. The number of hydrogen-bond donors (Lipinski definition) is 5. The summed E-state index contributed by atoms with van der Waals surface area (Å²) >= 11 is 0. The summed E-state index contributed by atoms with van der Waals surface area (Å²) in [5.41, 5.74) is 0.949. The van der Waals surface area contributed by atoms with Gasteiger partial charge in [0.05, 0.1) is 5.56 Å². The third kappa shape index (κ3) is 1.55. The Labute approximate surface area is 145 Å². The first kappa shape index (κ1) is 14.7. The van der Waals surface area contributed by atoms with Gasteiger partial charge < -0.3 is 10.6 Å². The maximum atomic E-state index is 13.3. The van der Waals surface area contributed by atoms with Crippen molar-refractivity contribution in [3.8, 4) is 0 Å². The molecule has 1 aromatic carbocycles. The predicted octanol–water partition coefficient (Wildman–Crippen LogP) is 0.747. The number of benzene rings is 1. The van der Waals surface area contributed by atoms with Crippen molar-refractivity contribution in [1.82, 2.24) is 20.2 Å². The molecule has 2 aromatic heterocycles. The van der Waals surface area contributed by atoms with Crippen molar-refractivity contribution in [3.63, 3.8) is 0 Å². The molecule has 2 aliphatic rings. The topological polar surface area (TPSA) is 136 Å². The van der Waals surface area contributed by atoms with Gasteiger partial charge in [-0.2, -0.15) is 5.10 Å². The number of aromatic amines is 3. The van der Waals surface area contributed by atoms with Gasteiger partial charge in [-0.3, -0.25) is 24.7 Å². The molecule has 5 rings (SSSR count). The number of hydrogen-bond acceptors (Lipinski definition) is 5. The summed E-state index contributed by atoms with van der Waals surface area (Å²) in [6.07, 6.45) is 0. The number of fused-ring (bicyclic) bond motifs is 6. The molecule has 0 radical (unpaired) electrons. The van der Waals surface area contributed by atoms with Crippen LogP contribution < -0.4 is 21.9 Å². The minimum atomic E-state index is -1.40. The molecule has 130 valence electrons. The number of H-pyrrole nitrogens is 3. The summed E-state index contributed by atoms with van der Waals surface area (Å²) in [6, 6.07) is 5.58. The zero-order valence-corrected chi connectivity index (χ0v) is 13.9. The molecule has 26 heavy (non-hydrogen) atoms. The predicted molar refractivity (Wildman–Crippen MR) is 94.0 cm³/mol. The summed E-state index contributed by atoms with van der Waals surface area (Å²) < 4.78 is 0. The molecule has 1 amide bonds. The average Bonchev–Trinajstić information content (AvgIpc) is 3.07. The number of anilines is 3. The number of nitrogens with zero attached hydrogens (tertiary/aromatic N) is 1. The molecule has 2 aliphatic heterocycles. The average molecular weight is 350 g/mol. The van der Waals surface area contributed by atoms with E-state index < -0.39 is 16.7 Å². The molecule has 0 aliphatic carbocycles. The van der Waals surface area contributed by atoms with Gasteiger partial charge in [-0.1, -0.05) is 17.7 Å². The number of carbonyl (C=O) groups excluding carboxylic acids is 1. The van der Waals surface area contributed by atoms with E-state index in [4.69, 9.17) is 0 Å². The molecule has 5 N–H and O–H groups in total. The van der Waals surface area contributed by atoms with Crippen LogP contribution in [0.4, 0.5) is 17.3 Å². The van der Waals surface area contributed by atoms with Crippen LogP contribution in [0.25, 0.3) is 0 Å². The highest BCUT2D eigenvalue weighted by Crippen LogP contribution is 2.53. The molecule has 9 heteroatoms. The molecule has 0 saturated heterocycles. The Kier molecular flexibility index (Phi) is 2.55. The first-order valence-corrected chi connectivity index (χ1v) is 8.05. The number of rotatable bonds is 0. The van der Waals surface area contributed by atoms with E-state index >= 15 is 0 Å². The molecule has 1 unspecified atom stereocenters. The van der Waals surface area contributed by atoms with Gasteiger partial charge in [-0.25, -0.2) is 4.79 Å². The lowest BCUT2D eigenvalue weighted by Crippen LogP contribution is -2.46.